The Labute approximate surface area is 197 Å². The van der Waals surface area contributed by atoms with Crippen LogP contribution in [0.25, 0.3) is 0 Å². The Morgan fingerprint density at radius 2 is 1.25 bits per heavy atom. The molecule has 1 heterocycles. The van der Waals surface area contributed by atoms with Crippen LogP contribution in [0.5, 0.6) is 0 Å². The van der Waals surface area contributed by atoms with Crippen LogP contribution in [0.3, 0.4) is 0 Å². The van der Waals surface area contributed by atoms with Crippen molar-refractivity contribution in [1.29, 1.82) is 0 Å². The molecule has 1 amide bonds. The highest BCUT2D eigenvalue weighted by Crippen LogP contribution is 2.22. The summed E-state index contributed by atoms with van der Waals surface area (Å²) in [6.07, 6.45) is 22.2. The Morgan fingerprint density at radius 1 is 0.750 bits per heavy atom. The van der Waals surface area contributed by atoms with E-state index in [2.05, 4.69) is 29.3 Å². The first-order chi connectivity index (χ1) is 15.8. The van der Waals surface area contributed by atoms with Crippen molar-refractivity contribution in [3.05, 3.63) is 24.3 Å². The van der Waals surface area contributed by atoms with E-state index in [-0.39, 0.29) is 6.09 Å². The maximum Gasteiger partial charge on any atom is 0.411 e. The maximum atomic E-state index is 12.0. The van der Waals surface area contributed by atoms with E-state index in [9.17, 15) is 4.79 Å². The lowest BCUT2D eigenvalue weighted by atomic mass is 10.0. The van der Waals surface area contributed by atoms with Gasteiger partial charge in [-0.15, -0.1) is 0 Å². The van der Waals surface area contributed by atoms with Crippen molar-refractivity contribution in [1.82, 2.24) is 0 Å². The number of hydrogen-bond donors (Lipinski definition) is 1. The van der Waals surface area contributed by atoms with E-state index in [0.717, 1.165) is 31.6 Å². The van der Waals surface area contributed by atoms with Gasteiger partial charge in [0.25, 0.3) is 0 Å². The second-order valence-corrected chi connectivity index (χ2v) is 9.45. The first-order valence-electron chi connectivity index (χ1n) is 13.6. The van der Waals surface area contributed by atoms with E-state index in [0.29, 0.717) is 6.61 Å². The molecule has 1 saturated heterocycles. The molecule has 182 valence electrons. The summed E-state index contributed by atoms with van der Waals surface area (Å²) in [5.74, 6) is 0. The Kier molecular flexibility index (Phi) is 14.8. The molecule has 0 aromatic heterocycles. The first kappa shape index (κ1) is 26.5. The highest BCUT2D eigenvalue weighted by atomic mass is 16.5. The van der Waals surface area contributed by atoms with E-state index in [1.165, 1.54) is 102 Å². The molecule has 0 saturated carbocycles. The van der Waals surface area contributed by atoms with Crippen LogP contribution in [-0.2, 0) is 4.74 Å². The average molecular weight is 445 g/mol. The van der Waals surface area contributed by atoms with Crippen LogP contribution < -0.4 is 10.2 Å². The van der Waals surface area contributed by atoms with Gasteiger partial charge in [-0.3, -0.25) is 5.32 Å². The lowest BCUT2D eigenvalue weighted by Gasteiger charge is -2.28. The fourth-order valence-corrected chi connectivity index (χ4v) is 4.52. The molecule has 4 nitrogen and oxygen atoms in total. The summed E-state index contributed by atoms with van der Waals surface area (Å²) in [5, 5.41) is 2.84. The fraction of sp³-hybridized carbons (Fsp3) is 0.750. The quantitative estimate of drug-likeness (QED) is 0.244. The number of anilines is 2. The van der Waals surface area contributed by atoms with Gasteiger partial charge in [-0.1, -0.05) is 90.4 Å². The summed E-state index contributed by atoms with van der Waals surface area (Å²) in [7, 11) is 0. The number of carbonyl (C=O) groups excluding carboxylic acids is 1. The standard InChI is InChI=1S/C28H48N2O2/c1-2-3-4-5-6-7-8-9-10-11-12-13-14-18-25-32-28(31)29-26-19-21-27(22-20-26)30-23-16-15-17-24-30/h19-22H,2-18,23-25H2,1H3,(H,29,31). The van der Waals surface area contributed by atoms with Gasteiger partial charge in [0.05, 0.1) is 6.61 Å². The fourth-order valence-electron chi connectivity index (χ4n) is 4.52. The minimum Gasteiger partial charge on any atom is -0.449 e. The van der Waals surface area contributed by atoms with E-state index in [1.54, 1.807) is 0 Å². The molecule has 0 spiro atoms. The Balaban J connectivity index is 1.38. The van der Waals surface area contributed by atoms with Crippen LogP contribution in [0.1, 0.15) is 116 Å². The summed E-state index contributed by atoms with van der Waals surface area (Å²) in [6, 6.07) is 8.12. The predicted octanol–water partition coefficient (Wildman–Crippen LogP) is 8.71. The lowest BCUT2D eigenvalue weighted by molar-refractivity contribution is 0.159. The molecule has 0 bridgehead atoms. The van der Waals surface area contributed by atoms with Gasteiger partial charge in [0.2, 0.25) is 0 Å². The third kappa shape index (κ3) is 12.4. The van der Waals surface area contributed by atoms with Crippen molar-refractivity contribution in [3.63, 3.8) is 0 Å². The molecular weight excluding hydrogens is 396 g/mol. The average Bonchev–Trinajstić information content (AvgIpc) is 2.82. The molecule has 1 aliphatic heterocycles. The molecule has 1 fully saturated rings. The van der Waals surface area contributed by atoms with E-state index in [1.807, 2.05) is 12.1 Å². The molecule has 1 N–H and O–H groups in total. The third-order valence-electron chi connectivity index (χ3n) is 6.57. The molecule has 1 aromatic rings. The molecule has 1 aliphatic rings. The summed E-state index contributed by atoms with van der Waals surface area (Å²) < 4.78 is 5.34. The van der Waals surface area contributed by atoms with Crippen molar-refractivity contribution in [2.24, 2.45) is 0 Å². The van der Waals surface area contributed by atoms with E-state index in [4.69, 9.17) is 4.74 Å². The number of nitrogens with zero attached hydrogens (tertiary/aromatic N) is 1. The number of piperidine rings is 1. The molecule has 0 atom stereocenters. The molecule has 2 rings (SSSR count). The Hall–Kier alpha value is -1.71. The van der Waals surface area contributed by atoms with Crippen LogP contribution >= 0.6 is 0 Å². The van der Waals surface area contributed by atoms with E-state index >= 15 is 0 Å². The summed E-state index contributed by atoms with van der Waals surface area (Å²) in [4.78, 5) is 14.4. The van der Waals surface area contributed by atoms with Gasteiger partial charge in [-0.25, -0.2) is 4.79 Å². The second-order valence-electron chi connectivity index (χ2n) is 9.45. The van der Waals surface area contributed by atoms with Crippen LogP contribution in [-0.4, -0.2) is 25.8 Å². The lowest BCUT2D eigenvalue weighted by Crippen LogP contribution is -2.29. The monoisotopic (exact) mass is 444 g/mol. The number of benzene rings is 1. The first-order valence-corrected chi connectivity index (χ1v) is 13.6. The van der Waals surface area contributed by atoms with Gasteiger partial charge in [0.1, 0.15) is 0 Å². The number of nitrogens with one attached hydrogen (secondary N) is 1. The molecular formula is C28H48N2O2. The smallest absolute Gasteiger partial charge is 0.411 e. The van der Waals surface area contributed by atoms with Crippen molar-refractivity contribution in [3.8, 4) is 0 Å². The van der Waals surface area contributed by atoms with Gasteiger partial charge in [0, 0.05) is 24.5 Å². The zero-order valence-electron chi connectivity index (χ0n) is 20.7. The SMILES string of the molecule is CCCCCCCCCCCCCCCCOC(=O)Nc1ccc(N2CCCCC2)cc1. The normalized spacial score (nSPS) is 13.8. The molecule has 0 unspecified atom stereocenters. The van der Waals surface area contributed by atoms with Crippen molar-refractivity contribution in [2.45, 2.75) is 116 Å². The number of unbranched alkanes of at least 4 members (excludes halogenated alkanes) is 13. The largest absolute Gasteiger partial charge is 0.449 e. The van der Waals surface area contributed by atoms with Crippen molar-refractivity contribution < 1.29 is 9.53 Å². The molecule has 0 aliphatic carbocycles. The van der Waals surface area contributed by atoms with Crippen molar-refractivity contribution >= 4 is 17.5 Å². The topological polar surface area (TPSA) is 41.6 Å². The summed E-state index contributed by atoms with van der Waals surface area (Å²) in [5.41, 5.74) is 2.04. The maximum absolute atomic E-state index is 12.0. The van der Waals surface area contributed by atoms with E-state index < -0.39 is 0 Å². The number of rotatable bonds is 17. The number of carbonyl (C=O) groups is 1. The summed E-state index contributed by atoms with van der Waals surface area (Å²) in [6.45, 7) is 5.05. The number of hydrogen-bond acceptors (Lipinski definition) is 3. The Bertz CT molecular complexity index is 582. The summed E-state index contributed by atoms with van der Waals surface area (Å²) >= 11 is 0. The van der Waals surface area contributed by atoms with Gasteiger partial charge in [0.15, 0.2) is 0 Å². The minimum absolute atomic E-state index is 0.342. The minimum atomic E-state index is -0.342. The number of amides is 1. The highest BCUT2D eigenvalue weighted by molar-refractivity contribution is 5.84. The zero-order valence-corrected chi connectivity index (χ0v) is 20.7. The van der Waals surface area contributed by atoms with Gasteiger partial charge >= 0.3 is 6.09 Å². The number of ether oxygens (including phenoxy) is 1. The molecule has 32 heavy (non-hydrogen) atoms. The van der Waals surface area contributed by atoms with Gasteiger partial charge in [-0.05, 0) is 49.9 Å². The molecule has 1 aromatic carbocycles. The van der Waals surface area contributed by atoms with Crippen molar-refractivity contribution in [2.75, 3.05) is 29.9 Å². The molecule has 0 radical (unpaired) electrons. The van der Waals surface area contributed by atoms with Crippen LogP contribution in [0.4, 0.5) is 16.2 Å². The van der Waals surface area contributed by atoms with Crippen LogP contribution in [0.2, 0.25) is 0 Å². The van der Waals surface area contributed by atoms with Gasteiger partial charge < -0.3 is 9.64 Å². The zero-order chi connectivity index (χ0) is 22.7. The predicted molar refractivity (Wildman–Crippen MR) is 138 cm³/mol. The third-order valence-corrected chi connectivity index (χ3v) is 6.57. The molecule has 4 heteroatoms. The highest BCUT2D eigenvalue weighted by Gasteiger charge is 2.11. The Morgan fingerprint density at radius 3 is 1.78 bits per heavy atom. The van der Waals surface area contributed by atoms with Crippen LogP contribution in [0.15, 0.2) is 24.3 Å². The second kappa shape index (κ2) is 17.8. The van der Waals surface area contributed by atoms with Gasteiger partial charge in [-0.2, -0.15) is 0 Å². The van der Waals surface area contributed by atoms with Crippen LogP contribution in [0, 0.1) is 0 Å².